The van der Waals surface area contributed by atoms with Crippen LogP contribution in [0.5, 0.6) is 5.75 Å². The van der Waals surface area contributed by atoms with Gasteiger partial charge in [-0.15, -0.1) is 0 Å². The number of Topliss-reactive ketones (excluding diaryl/α,β-unsaturated/α-hetero) is 1. The molecule has 0 aromatic heterocycles. The van der Waals surface area contributed by atoms with Gasteiger partial charge < -0.3 is 4.74 Å². The lowest BCUT2D eigenvalue weighted by Crippen LogP contribution is -2.45. The van der Waals surface area contributed by atoms with Gasteiger partial charge in [-0.25, -0.2) is 12.8 Å². The Balaban J connectivity index is 1.82. The minimum atomic E-state index is -3.10. The molecule has 23 heavy (non-hydrogen) atoms. The Morgan fingerprint density at radius 2 is 1.91 bits per heavy atom. The molecule has 2 atom stereocenters. The number of carbonyl (C=O) groups is 1. The van der Waals surface area contributed by atoms with Crippen LogP contribution in [-0.2, 0) is 9.84 Å². The minimum absolute atomic E-state index is 0.0378. The van der Waals surface area contributed by atoms with Crippen LogP contribution in [0.3, 0.4) is 0 Å². The van der Waals surface area contributed by atoms with E-state index in [1.54, 1.807) is 13.0 Å². The van der Waals surface area contributed by atoms with Crippen molar-refractivity contribution in [2.24, 2.45) is 5.92 Å². The Morgan fingerprint density at radius 1 is 1.26 bits per heavy atom. The van der Waals surface area contributed by atoms with Gasteiger partial charge in [-0.05, 0) is 44.7 Å². The van der Waals surface area contributed by atoms with Crippen LogP contribution in [0, 0.1) is 11.7 Å². The molecule has 126 valence electrons. The fraction of sp³-hybridized carbons (Fsp3) is 0.588. The zero-order valence-corrected chi connectivity index (χ0v) is 13.9. The van der Waals surface area contributed by atoms with E-state index in [9.17, 15) is 17.6 Å². The molecule has 0 saturated carbocycles. The van der Waals surface area contributed by atoms with E-state index in [1.807, 2.05) is 0 Å². The van der Waals surface area contributed by atoms with Gasteiger partial charge in [0.2, 0.25) is 0 Å². The minimum Gasteiger partial charge on any atom is -0.494 e. The van der Waals surface area contributed by atoms with Crippen molar-refractivity contribution in [3.8, 4) is 5.75 Å². The highest BCUT2D eigenvalue weighted by Gasteiger charge is 2.46. The lowest BCUT2D eigenvalue weighted by molar-refractivity contribution is 0.0889. The average molecular weight is 340 g/mol. The Hall–Kier alpha value is -1.43. The lowest BCUT2D eigenvalue weighted by atomic mass is 9.84. The summed E-state index contributed by atoms with van der Waals surface area (Å²) in [5.74, 6) is -0.886. The first-order chi connectivity index (χ1) is 10.9. The SMILES string of the molecule is CCOc1ccc(C(=O)C2CC3CCCC(C2)S3(=O)=O)c(F)c1. The third kappa shape index (κ3) is 3.01. The predicted molar refractivity (Wildman–Crippen MR) is 85.0 cm³/mol. The number of hydrogen-bond donors (Lipinski definition) is 0. The number of sulfone groups is 1. The molecule has 2 saturated heterocycles. The second-order valence-corrected chi connectivity index (χ2v) is 8.88. The second kappa shape index (κ2) is 6.23. The number of halogens is 1. The van der Waals surface area contributed by atoms with E-state index in [-0.39, 0.29) is 11.3 Å². The van der Waals surface area contributed by atoms with Crippen molar-refractivity contribution in [3.05, 3.63) is 29.6 Å². The zero-order valence-electron chi connectivity index (χ0n) is 13.1. The molecule has 0 N–H and O–H groups in total. The monoisotopic (exact) mass is 340 g/mol. The standard InChI is InChI=1S/C17H21FO4S/c1-2-22-12-6-7-15(16(18)10-12)17(19)11-8-13-4-3-5-14(9-11)23(13,20)21/h6-7,10-11,13-14H,2-5,8-9H2,1H3. The molecule has 1 aromatic carbocycles. The quantitative estimate of drug-likeness (QED) is 0.790. The van der Waals surface area contributed by atoms with Crippen molar-refractivity contribution in [1.82, 2.24) is 0 Å². The number of ketones is 1. The van der Waals surface area contributed by atoms with Crippen molar-refractivity contribution in [1.29, 1.82) is 0 Å². The van der Waals surface area contributed by atoms with E-state index < -0.39 is 32.1 Å². The fourth-order valence-corrected chi connectivity index (χ4v) is 6.33. The molecule has 2 bridgehead atoms. The van der Waals surface area contributed by atoms with Crippen LogP contribution in [-0.4, -0.2) is 31.3 Å². The maximum absolute atomic E-state index is 14.2. The highest BCUT2D eigenvalue weighted by molar-refractivity contribution is 7.92. The van der Waals surface area contributed by atoms with Crippen LogP contribution in [0.4, 0.5) is 4.39 Å². The van der Waals surface area contributed by atoms with E-state index in [0.717, 1.165) is 6.42 Å². The molecule has 6 heteroatoms. The molecule has 0 radical (unpaired) electrons. The molecular weight excluding hydrogens is 319 g/mol. The number of rotatable bonds is 4. The summed E-state index contributed by atoms with van der Waals surface area (Å²) >= 11 is 0. The summed E-state index contributed by atoms with van der Waals surface area (Å²) < 4.78 is 44.0. The van der Waals surface area contributed by atoms with Gasteiger partial charge >= 0.3 is 0 Å². The van der Waals surface area contributed by atoms with Gasteiger partial charge in [0.15, 0.2) is 15.6 Å². The first-order valence-corrected chi connectivity index (χ1v) is 9.73. The first-order valence-electron chi connectivity index (χ1n) is 8.12. The van der Waals surface area contributed by atoms with Gasteiger partial charge in [-0.2, -0.15) is 0 Å². The number of benzene rings is 1. The Bertz CT molecular complexity index is 693. The molecule has 0 amide bonds. The van der Waals surface area contributed by atoms with Crippen molar-refractivity contribution in [3.63, 3.8) is 0 Å². The highest BCUT2D eigenvalue weighted by Crippen LogP contribution is 2.40. The smallest absolute Gasteiger partial charge is 0.168 e. The van der Waals surface area contributed by atoms with Crippen LogP contribution in [0.15, 0.2) is 18.2 Å². The summed E-state index contributed by atoms with van der Waals surface area (Å²) in [7, 11) is -3.10. The summed E-state index contributed by atoms with van der Waals surface area (Å²) in [6.45, 7) is 2.23. The first kappa shape index (κ1) is 16.4. The predicted octanol–water partition coefficient (Wildman–Crippen LogP) is 3.15. The topological polar surface area (TPSA) is 60.4 Å². The van der Waals surface area contributed by atoms with E-state index in [0.29, 0.717) is 38.0 Å². The molecule has 1 aromatic rings. The van der Waals surface area contributed by atoms with Crippen LogP contribution < -0.4 is 4.74 Å². The molecule has 0 aliphatic carbocycles. The van der Waals surface area contributed by atoms with Crippen molar-refractivity contribution in [2.75, 3.05) is 6.61 Å². The van der Waals surface area contributed by atoms with Crippen molar-refractivity contribution < 1.29 is 22.3 Å². The molecule has 2 heterocycles. The van der Waals surface area contributed by atoms with Gasteiger partial charge in [0.05, 0.1) is 22.7 Å². The largest absolute Gasteiger partial charge is 0.494 e. The normalized spacial score (nSPS) is 29.0. The molecule has 4 nitrogen and oxygen atoms in total. The molecule has 2 aliphatic rings. The van der Waals surface area contributed by atoms with E-state index >= 15 is 0 Å². The van der Waals surface area contributed by atoms with Crippen LogP contribution in [0.25, 0.3) is 0 Å². The average Bonchev–Trinajstić information content (AvgIpc) is 2.46. The fourth-order valence-electron chi connectivity index (χ4n) is 3.79. The molecule has 2 fully saturated rings. The third-order valence-corrected chi connectivity index (χ3v) is 7.68. The lowest BCUT2D eigenvalue weighted by Gasteiger charge is -2.38. The van der Waals surface area contributed by atoms with Gasteiger partial charge in [-0.1, -0.05) is 6.42 Å². The molecule has 0 spiro atoms. The summed E-state index contributed by atoms with van der Waals surface area (Å²) in [5.41, 5.74) is 0.0378. The van der Waals surface area contributed by atoms with Gasteiger partial charge in [-0.3, -0.25) is 4.79 Å². The zero-order chi connectivity index (χ0) is 16.6. The van der Waals surface area contributed by atoms with Crippen LogP contribution in [0.2, 0.25) is 0 Å². The summed E-state index contributed by atoms with van der Waals surface area (Å²) in [6.07, 6.45) is 2.78. The number of carbonyl (C=O) groups excluding carboxylic acids is 1. The van der Waals surface area contributed by atoms with E-state index in [1.165, 1.54) is 12.1 Å². The van der Waals surface area contributed by atoms with Crippen molar-refractivity contribution >= 4 is 15.6 Å². The van der Waals surface area contributed by atoms with Gasteiger partial charge in [0.25, 0.3) is 0 Å². The Morgan fingerprint density at radius 3 is 2.48 bits per heavy atom. The summed E-state index contributed by atoms with van der Waals surface area (Å²) in [4.78, 5) is 12.7. The van der Waals surface area contributed by atoms with Crippen LogP contribution in [0.1, 0.15) is 49.4 Å². The summed E-state index contributed by atoms with van der Waals surface area (Å²) in [6, 6.07) is 4.25. The third-order valence-electron chi connectivity index (χ3n) is 4.96. The van der Waals surface area contributed by atoms with Crippen molar-refractivity contribution in [2.45, 2.75) is 49.5 Å². The molecular formula is C17H21FO4S. The number of ether oxygens (including phenoxy) is 1. The van der Waals surface area contributed by atoms with Gasteiger partial charge in [0.1, 0.15) is 11.6 Å². The highest BCUT2D eigenvalue weighted by atomic mass is 32.2. The van der Waals surface area contributed by atoms with Crippen LogP contribution >= 0.6 is 0 Å². The van der Waals surface area contributed by atoms with Gasteiger partial charge in [0, 0.05) is 12.0 Å². The molecule has 3 rings (SSSR count). The molecule has 2 unspecified atom stereocenters. The second-order valence-electron chi connectivity index (χ2n) is 6.37. The number of fused-ring (bicyclic) bond motifs is 2. The van der Waals surface area contributed by atoms with E-state index in [2.05, 4.69) is 0 Å². The molecule has 2 aliphatic heterocycles. The Kier molecular flexibility index (Phi) is 4.45. The maximum Gasteiger partial charge on any atom is 0.168 e. The maximum atomic E-state index is 14.2. The number of hydrogen-bond acceptors (Lipinski definition) is 4. The Labute approximate surface area is 136 Å². The van der Waals surface area contributed by atoms with E-state index in [4.69, 9.17) is 4.74 Å². The summed E-state index contributed by atoms with van der Waals surface area (Å²) in [5, 5.41) is -0.871.